The lowest BCUT2D eigenvalue weighted by Gasteiger charge is -2.39. The van der Waals surface area contributed by atoms with Crippen molar-refractivity contribution >= 4 is 39.2 Å². The molecule has 2 aliphatic heterocycles. The zero-order chi connectivity index (χ0) is 25.3. The number of cyclic esters (lactones) is 1. The molecular weight excluding hydrogens is 531 g/mol. The predicted molar refractivity (Wildman–Crippen MR) is 127 cm³/mol. The van der Waals surface area contributed by atoms with Crippen LogP contribution < -0.4 is 9.80 Å². The largest absolute Gasteiger partial charge is 0.441 e. The molecule has 4 rings (SSSR count). The summed E-state index contributed by atoms with van der Waals surface area (Å²) in [7, 11) is 0. The first-order chi connectivity index (χ1) is 16.6. The van der Waals surface area contributed by atoms with Crippen molar-refractivity contribution in [2.45, 2.75) is 25.2 Å². The Labute approximate surface area is 208 Å². The minimum atomic E-state index is -1.18. The number of ether oxygens (including phenoxy) is 1. The van der Waals surface area contributed by atoms with Crippen LogP contribution in [0.5, 0.6) is 0 Å². The number of hydrogen-bond acceptors (Lipinski definition) is 9. The van der Waals surface area contributed by atoms with Crippen molar-refractivity contribution in [1.29, 1.82) is 0 Å². The minimum absolute atomic E-state index is 0.112. The Balaban J connectivity index is 1.34. The van der Waals surface area contributed by atoms with E-state index < -0.39 is 28.5 Å². The van der Waals surface area contributed by atoms with Gasteiger partial charge in [0.2, 0.25) is 0 Å². The Morgan fingerprint density at radius 3 is 2.60 bits per heavy atom. The molecule has 35 heavy (non-hydrogen) atoms. The first kappa shape index (κ1) is 25.3. The molecule has 2 atom stereocenters. The van der Waals surface area contributed by atoms with E-state index in [0.29, 0.717) is 44.1 Å². The van der Waals surface area contributed by atoms with E-state index in [4.69, 9.17) is 4.74 Å². The number of imidazole rings is 1. The van der Waals surface area contributed by atoms with Gasteiger partial charge in [0.15, 0.2) is 0 Å². The number of rotatable bonds is 8. The molecule has 12 nitrogen and oxygen atoms in total. The Bertz CT molecular complexity index is 1110. The molecule has 2 aliphatic rings. The van der Waals surface area contributed by atoms with E-state index in [1.807, 2.05) is 4.90 Å². The van der Waals surface area contributed by atoms with Crippen LogP contribution in [0.2, 0.25) is 0 Å². The van der Waals surface area contributed by atoms with Crippen molar-refractivity contribution in [3.8, 4) is 0 Å². The summed E-state index contributed by atoms with van der Waals surface area (Å²) >= 11 is 3.18. The van der Waals surface area contributed by atoms with Gasteiger partial charge >= 0.3 is 11.9 Å². The number of hydrogen-bond donors (Lipinski definition) is 2. The first-order valence-corrected chi connectivity index (χ1v) is 11.8. The summed E-state index contributed by atoms with van der Waals surface area (Å²) in [5.41, 5.74) is -0.392. The minimum Gasteiger partial charge on any atom is -0.441 e. The summed E-state index contributed by atoms with van der Waals surface area (Å²) in [6, 6.07) is 4.56. The molecule has 3 heterocycles. The molecule has 1 aromatic carbocycles. The predicted octanol–water partition coefficient (Wildman–Crippen LogP) is 1.58. The average Bonchev–Trinajstić information content (AvgIpc) is 3.36. The van der Waals surface area contributed by atoms with E-state index in [1.54, 1.807) is 19.1 Å². The van der Waals surface area contributed by atoms with Gasteiger partial charge < -0.3 is 30.0 Å². The molecule has 0 spiro atoms. The molecule has 2 fully saturated rings. The van der Waals surface area contributed by atoms with E-state index in [-0.39, 0.29) is 30.2 Å². The number of nitro groups is 1. The highest BCUT2D eigenvalue weighted by Crippen LogP contribution is 2.29. The van der Waals surface area contributed by atoms with Crippen LogP contribution in [-0.2, 0) is 11.3 Å². The number of aliphatic hydroxyl groups is 2. The summed E-state index contributed by atoms with van der Waals surface area (Å²) in [5.74, 6) is -0.765. The molecule has 0 saturated carbocycles. The van der Waals surface area contributed by atoms with Crippen molar-refractivity contribution in [3.63, 3.8) is 0 Å². The number of nitrogens with zero attached hydrogens (tertiary/aromatic N) is 6. The van der Waals surface area contributed by atoms with Gasteiger partial charge in [-0.2, -0.15) is 0 Å². The van der Waals surface area contributed by atoms with Crippen molar-refractivity contribution in [3.05, 3.63) is 45.1 Å². The van der Waals surface area contributed by atoms with Gasteiger partial charge in [-0.25, -0.2) is 9.18 Å². The zero-order valence-electron chi connectivity index (χ0n) is 19.0. The number of anilines is 2. The van der Waals surface area contributed by atoms with Gasteiger partial charge in [0, 0.05) is 48.7 Å². The summed E-state index contributed by atoms with van der Waals surface area (Å²) in [4.78, 5) is 31.3. The van der Waals surface area contributed by atoms with Gasteiger partial charge in [0.05, 0.1) is 36.7 Å². The zero-order valence-corrected chi connectivity index (χ0v) is 20.6. The maximum Gasteiger partial charge on any atom is 0.414 e. The molecule has 0 bridgehead atoms. The quantitative estimate of drug-likeness (QED) is 0.366. The van der Waals surface area contributed by atoms with Gasteiger partial charge in [0.25, 0.3) is 4.73 Å². The van der Waals surface area contributed by atoms with Crippen LogP contribution in [0, 0.1) is 15.9 Å². The third-order valence-corrected chi connectivity index (χ3v) is 6.64. The molecule has 190 valence electrons. The molecule has 2 aromatic rings. The Morgan fingerprint density at radius 2 is 2.03 bits per heavy atom. The van der Waals surface area contributed by atoms with E-state index in [2.05, 4.69) is 25.8 Å². The SMILES string of the molecule is CC(O)(CN1CCN(c2ccc(N3CC(CO)OC3=O)cc2F)CC1)Cn1cc([N+](=O)[O-])nc1Br. The highest BCUT2D eigenvalue weighted by molar-refractivity contribution is 9.10. The fourth-order valence-corrected chi connectivity index (χ4v) is 4.78. The molecule has 2 unspecified atom stereocenters. The topological polar surface area (TPSA) is 137 Å². The van der Waals surface area contributed by atoms with Crippen molar-refractivity contribution < 1.29 is 29.1 Å². The average molecular weight is 557 g/mol. The van der Waals surface area contributed by atoms with Crippen LogP contribution in [0.15, 0.2) is 29.1 Å². The van der Waals surface area contributed by atoms with Gasteiger partial charge in [-0.15, -0.1) is 0 Å². The fourth-order valence-electron chi connectivity index (χ4n) is 4.37. The molecule has 0 radical (unpaired) electrons. The van der Waals surface area contributed by atoms with Crippen LogP contribution in [0.25, 0.3) is 0 Å². The lowest BCUT2D eigenvalue weighted by atomic mass is 10.1. The van der Waals surface area contributed by atoms with Crippen molar-refractivity contribution in [2.24, 2.45) is 0 Å². The van der Waals surface area contributed by atoms with Gasteiger partial charge in [-0.05, 0) is 35.0 Å². The van der Waals surface area contributed by atoms with Gasteiger partial charge in [-0.1, -0.05) is 0 Å². The number of benzene rings is 1. The van der Waals surface area contributed by atoms with Crippen molar-refractivity contribution in [2.75, 3.05) is 55.7 Å². The van der Waals surface area contributed by atoms with Crippen LogP contribution >= 0.6 is 15.9 Å². The fraction of sp³-hybridized carbons (Fsp3) is 0.524. The molecule has 2 saturated heterocycles. The molecule has 1 amide bonds. The number of halogens is 2. The van der Waals surface area contributed by atoms with Crippen LogP contribution in [0.3, 0.4) is 0 Å². The summed E-state index contributed by atoms with van der Waals surface area (Å²) in [6.45, 7) is 4.19. The second-order valence-corrected chi connectivity index (χ2v) is 9.66. The first-order valence-electron chi connectivity index (χ1n) is 11.0. The molecule has 1 aromatic heterocycles. The second kappa shape index (κ2) is 10.0. The number of aliphatic hydroxyl groups excluding tert-OH is 1. The van der Waals surface area contributed by atoms with Gasteiger partial charge in [-0.3, -0.25) is 14.4 Å². The molecule has 2 N–H and O–H groups in total. The van der Waals surface area contributed by atoms with E-state index >= 15 is 0 Å². The molecule has 0 aliphatic carbocycles. The highest BCUT2D eigenvalue weighted by Gasteiger charge is 2.33. The Kier molecular flexibility index (Phi) is 7.26. The van der Waals surface area contributed by atoms with E-state index in [0.717, 1.165) is 0 Å². The number of piperazine rings is 1. The standard InChI is InChI=1S/C21H26BrFN6O6/c1-21(32,13-27-10-18(29(33)34)24-19(27)22)12-25-4-6-26(7-5-25)17-3-2-14(8-16(17)23)28-9-15(11-30)35-20(28)31/h2-3,8,10,15,30,32H,4-7,9,11-13H2,1H3. The highest BCUT2D eigenvalue weighted by atomic mass is 79.9. The third kappa shape index (κ3) is 5.72. The van der Waals surface area contributed by atoms with Crippen LogP contribution in [0.1, 0.15) is 6.92 Å². The Hall–Kier alpha value is -2.81. The summed E-state index contributed by atoms with van der Waals surface area (Å²) in [6.07, 6.45) is 0.0315. The number of aromatic nitrogens is 2. The number of carbonyl (C=O) groups excluding carboxylic acids is 1. The number of amides is 1. The molecular formula is C21H26BrFN6O6. The van der Waals surface area contributed by atoms with Crippen LogP contribution in [0.4, 0.5) is 26.4 Å². The lowest BCUT2D eigenvalue weighted by molar-refractivity contribution is -0.389. The van der Waals surface area contributed by atoms with E-state index in [9.17, 15) is 29.5 Å². The third-order valence-electron chi connectivity index (χ3n) is 6.01. The van der Waals surface area contributed by atoms with Gasteiger partial charge in [0.1, 0.15) is 18.1 Å². The normalized spacial score (nSPS) is 20.7. The molecule has 14 heteroatoms. The number of β-amino-alcohol motifs (C(OH)–C–C–N with tert-alkyl or cyclic N) is 1. The second-order valence-electron chi connectivity index (χ2n) is 8.95. The number of carbonyl (C=O) groups is 1. The maximum atomic E-state index is 14.9. The summed E-state index contributed by atoms with van der Waals surface area (Å²) < 4.78 is 21.7. The Morgan fingerprint density at radius 1 is 1.31 bits per heavy atom. The lowest BCUT2D eigenvalue weighted by Crippen LogP contribution is -2.52. The maximum absolute atomic E-state index is 14.9. The van der Waals surface area contributed by atoms with Crippen molar-refractivity contribution in [1.82, 2.24) is 14.5 Å². The summed E-state index contributed by atoms with van der Waals surface area (Å²) in [5, 5.41) is 31.0. The smallest absolute Gasteiger partial charge is 0.414 e. The monoisotopic (exact) mass is 556 g/mol. The van der Waals surface area contributed by atoms with Crippen LogP contribution in [-0.4, -0.2) is 93.3 Å². The van der Waals surface area contributed by atoms with E-state index in [1.165, 1.54) is 21.7 Å².